The molecular weight excluding hydrogens is 376 g/mol. The van der Waals surface area contributed by atoms with Crippen molar-refractivity contribution in [3.63, 3.8) is 0 Å². The summed E-state index contributed by atoms with van der Waals surface area (Å²) >= 11 is 0. The fourth-order valence-electron chi connectivity index (χ4n) is 4.79. The fraction of sp³-hybridized carbons (Fsp3) is 0.545. The zero-order valence-electron chi connectivity index (χ0n) is 17.5. The van der Waals surface area contributed by atoms with Gasteiger partial charge < -0.3 is 20.5 Å². The first-order valence-electron chi connectivity index (χ1n) is 11.1. The van der Waals surface area contributed by atoms with E-state index in [4.69, 9.17) is 20.7 Å². The second kappa shape index (κ2) is 8.18. The van der Waals surface area contributed by atoms with Crippen molar-refractivity contribution in [1.29, 1.82) is 0 Å². The van der Waals surface area contributed by atoms with Gasteiger partial charge in [-0.2, -0.15) is 9.97 Å². The van der Waals surface area contributed by atoms with Crippen LogP contribution >= 0.6 is 0 Å². The number of rotatable bonds is 5. The summed E-state index contributed by atoms with van der Waals surface area (Å²) in [6.07, 6.45) is 14.7. The second-order valence-corrected chi connectivity index (χ2v) is 8.65. The zero-order valence-corrected chi connectivity index (χ0v) is 17.5. The lowest BCUT2D eigenvalue weighted by Crippen LogP contribution is -2.33. The SMILES string of the molecule is CN(c1ccncc1)c1nc(NC2CCC(N)CC2)nc2c1ncn2C1CCCC1. The van der Waals surface area contributed by atoms with Gasteiger partial charge in [0.05, 0.1) is 6.33 Å². The van der Waals surface area contributed by atoms with Gasteiger partial charge in [0, 0.05) is 43.3 Å². The summed E-state index contributed by atoms with van der Waals surface area (Å²) in [5.41, 5.74) is 8.87. The summed E-state index contributed by atoms with van der Waals surface area (Å²) in [7, 11) is 2.02. The van der Waals surface area contributed by atoms with Gasteiger partial charge in [-0.15, -0.1) is 0 Å². The van der Waals surface area contributed by atoms with Crippen molar-refractivity contribution in [3.05, 3.63) is 30.9 Å². The lowest BCUT2D eigenvalue weighted by atomic mass is 9.92. The highest BCUT2D eigenvalue weighted by Gasteiger charge is 2.25. The van der Waals surface area contributed by atoms with Crippen molar-refractivity contribution in [1.82, 2.24) is 24.5 Å². The number of fused-ring (bicyclic) bond motifs is 1. The molecule has 2 fully saturated rings. The van der Waals surface area contributed by atoms with E-state index in [1.807, 2.05) is 25.5 Å². The number of anilines is 3. The molecule has 0 atom stereocenters. The number of aromatic nitrogens is 5. The number of pyridine rings is 1. The molecule has 5 rings (SSSR count). The normalized spacial score (nSPS) is 22.5. The molecule has 2 saturated carbocycles. The molecule has 3 aromatic rings. The van der Waals surface area contributed by atoms with Crippen molar-refractivity contribution in [2.24, 2.45) is 5.73 Å². The van der Waals surface area contributed by atoms with Gasteiger partial charge >= 0.3 is 0 Å². The summed E-state index contributed by atoms with van der Waals surface area (Å²) in [6, 6.07) is 5.13. The van der Waals surface area contributed by atoms with Crippen LogP contribution in [0.3, 0.4) is 0 Å². The topological polar surface area (TPSA) is 97.8 Å². The van der Waals surface area contributed by atoms with E-state index in [-0.39, 0.29) is 0 Å². The maximum absolute atomic E-state index is 6.09. The molecule has 0 unspecified atom stereocenters. The number of nitrogens with two attached hydrogens (primary N) is 1. The first-order valence-corrected chi connectivity index (χ1v) is 11.1. The smallest absolute Gasteiger partial charge is 0.227 e. The van der Waals surface area contributed by atoms with Crippen molar-refractivity contribution in [2.45, 2.75) is 69.5 Å². The van der Waals surface area contributed by atoms with Crippen molar-refractivity contribution < 1.29 is 0 Å². The van der Waals surface area contributed by atoms with Crippen molar-refractivity contribution >= 4 is 28.6 Å². The van der Waals surface area contributed by atoms with Crippen LogP contribution in [0.2, 0.25) is 0 Å². The molecule has 0 aromatic carbocycles. The third-order valence-corrected chi connectivity index (χ3v) is 6.59. The third kappa shape index (κ3) is 3.71. The Morgan fingerprint density at radius 2 is 1.77 bits per heavy atom. The van der Waals surface area contributed by atoms with Gasteiger partial charge in [-0.25, -0.2) is 4.98 Å². The minimum absolute atomic E-state index is 0.323. The van der Waals surface area contributed by atoms with Crippen LogP contribution in [0.15, 0.2) is 30.9 Å². The fourth-order valence-corrected chi connectivity index (χ4v) is 4.79. The number of hydrogen-bond acceptors (Lipinski definition) is 7. The first kappa shape index (κ1) is 19.2. The number of hydrogen-bond donors (Lipinski definition) is 2. The molecule has 8 heteroatoms. The first-order chi connectivity index (χ1) is 14.7. The molecule has 2 aliphatic rings. The van der Waals surface area contributed by atoms with E-state index in [1.54, 1.807) is 12.4 Å². The quantitative estimate of drug-likeness (QED) is 0.665. The van der Waals surface area contributed by atoms with Crippen LogP contribution in [-0.4, -0.2) is 43.6 Å². The Balaban J connectivity index is 1.55. The molecule has 0 saturated heterocycles. The molecule has 3 aromatic heterocycles. The Morgan fingerprint density at radius 1 is 1.03 bits per heavy atom. The zero-order chi connectivity index (χ0) is 20.5. The van der Waals surface area contributed by atoms with Crippen LogP contribution in [0, 0.1) is 0 Å². The highest BCUT2D eigenvalue weighted by Crippen LogP contribution is 2.35. The third-order valence-electron chi connectivity index (χ3n) is 6.59. The summed E-state index contributed by atoms with van der Waals surface area (Å²) in [4.78, 5) is 20.8. The summed E-state index contributed by atoms with van der Waals surface area (Å²) in [6.45, 7) is 0. The largest absolute Gasteiger partial charge is 0.351 e. The maximum Gasteiger partial charge on any atom is 0.227 e. The minimum Gasteiger partial charge on any atom is -0.351 e. The van der Waals surface area contributed by atoms with E-state index < -0.39 is 0 Å². The van der Waals surface area contributed by atoms with E-state index in [1.165, 1.54) is 25.7 Å². The van der Waals surface area contributed by atoms with Crippen molar-refractivity contribution in [3.8, 4) is 0 Å². The molecule has 2 aliphatic carbocycles. The molecule has 3 heterocycles. The summed E-state index contributed by atoms with van der Waals surface area (Å²) < 4.78 is 2.26. The number of nitrogens with one attached hydrogen (secondary N) is 1. The predicted molar refractivity (Wildman–Crippen MR) is 119 cm³/mol. The lowest BCUT2D eigenvalue weighted by molar-refractivity contribution is 0.410. The Kier molecular flexibility index (Phi) is 5.25. The van der Waals surface area contributed by atoms with Crippen LogP contribution in [0.25, 0.3) is 11.2 Å². The van der Waals surface area contributed by atoms with Crippen LogP contribution in [-0.2, 0) is 0 Å². The monoisotopic (exact) mass is 406 g/mol. The average molecular weight is 407 g/mol. The predicted octanol–water partition coefficient (Wildman–Crippen LogP) is 3.79. The van der Waals surface area contributed by atoms with E-state index in [0.717, 1.165) is 48.4 Å². The van der Waals surface area contributed by atoms with Gasteiger partial charge in [0.1, 0.15) is 0 Å². The number of imidazole rings is 1. The lowest BCUT2D eigenvalue weighted by Gasteiger charge is -2.27. The highest BCUT2D eigenvalue weighted by atomic mass is 15.3. The van der Waals surface area contributed by atoms with Crippen LogP contribution in [0.1, 0.15) is 57.4 Å². The molecule has 158 valence electrons. The van der Waals surface area contributed by atoms with Crippen LogP contribution in [0.4, 0.5) is 17.5 Å². The van der Waals surface area contributed by atoms with Gasteiger partial charge in [0.2, 0.25) is 5.95 Å². The Hall–Kier alpha value is -2.74. The second-order valence-electron chi connectivity index (χ2n) is 8.65. The molecular formula is C22H30N8. The molecule has 0 spiro atoms. The molecule has 8 nitrogen and oxygen atoms in total. The Bertz CT molecular complexity index is 987. The average Bonchev–Trinajstić information content (AvgIpc) is 3.45. The van der Waals surface area contributed by atoms with Crippen LogP contribution < -0.4 is 16.0 Å². The van der Waals surface area contributed by atoms with E-state index >= 15 is 0 Å². The van der Waals surface area contributed by atoms with Gasteiger partial charge in [0.15, 0.2) is 17.0 Å². The molecule has 0 bridgehead atoms. The molecule has 30 heavy (non-hydrogen) atoms. The maximum atomic E-state index is 6.09. The Morgan fingerprint density at radius 3 is 2.50 bits per heavy atom. The highest BCUT2D eigenvalue weighted by molar-refractivity contribution is 5.87. The Labute approximate surface area is 176 Å². The molecule has 0 amide bonds. The minimum atomic E-state index is 0.323. The van der Waals surface area contributed by atoms with Crippen molar-refractivity contribution in [2.75, 3.05) is 17.3 Å². The van der Waals surface area contributed by atoms with E-state index in [9.17, 15) is 0 Å². The number of nitrogens with zero attached hydrogens (tertiary/aromatic N) is 6. The molecule has 3 N–H and O–H groups in total. The van der Waals surface area contributed by atoms with E-state index in [0.29, 0.717) is 24.1 Å². The molecule has 0 aliphatic heterocycles. The van der Waals surface area contributed by atoms with Gasteiger partial charge in [-0.1, -0.05) is 12.8 Å². The summed E-state index contributed by atoms with van der Waals surface area (Å²) in [5, 5.41) is 3.59. The van der Waals surface area contributed by atoms with Gasteiger partial charge in [-0.3, -0.25) is 4.98 Å². The summed E-state index contributed by atoms with van der Waals surface area (Å²) in [5.74, 6) is 1.50. The van der Waals surface area contributed by atoms with Gasteiger partial charge in [0.25, 0.3) is 0 Å². The van der Waals surface area contributed by atoms with Gasteiger partial charge in [-0.05, 0) is 50.7 Å². The van der Waals surface area contributed by atoms with Crippen LogP contribution in [0.5, 0.6) is 0 Å². The van der Waals surface area contributed by atoms with E-state index in [2.05, 4.69) is 19.8 Å². The standard InChI is InChI=1S/C22H30N8/c1-29(17-10-12-24-13-11-17)20-19-21(30(14-25-19)18-4-2-3-5-18)28-22(27-20)26-16-8-6-15(23)7-9-16/h10-16,18H,2-9,23H2,1H3,(H,26,27,28). The molecule has 0 radical (unpaired) electrons.